The molecule has 1 aliphatic rings. The number of nitrogens with one attached hydrogen (secondary N) is 1. The van der Waals surface area contributed by atoms with Gasteiger partial charge in [0.1, 0.15) is 11.6 Å². The zero-order valence-corrected chi connectivity index (χ0v) is 15.8. The molecule has 0 saturated carbocycles. The van der Waals surface area contributed by atoms with Crippen LogP contribution in [0.5, 0.6) is 5.75 Å². The zero-order chi connectivity index (χ0) is 19.2. The van der Waals surface area contributed by atoms with Crippen molar-refractivity contribution in [1.29, 1.82) is 0 Å². The molecule has 28 heavy (non-hydrogen) atoms. The van der Waals surface area contributed by atoms with Gasteiger partial charge in [0, 0.05) is 30.9 Å². The smallest absolute Gasteiger partial charge is 0.228 e. The minimum atomic E-state index is 0.625. The molecule has 3 heterocycles. The van der Waals surface area contributed by atoms with Crippen LogP contribution in [-0.4, -0.2) is 47.9 Å². The first-order valence-electron chi connectivity index (χ1n) is 9.44. The number of rotatable bonds is 6. The maximum Gasteiger partial charge on any atom is 0.228 e. The van der Waals surface area contributed by atoms with E-state index in [0.717, 1.165) is 41.6 Å². The van der Waals surface area contributed by atoms with Gasteiger partial charge in [0.15, 0.2) is 0 Å². The minimum Gasteiger partial charge on any atom is -0.494 e. The SMILES string of the molecule is CCOc1cccc(-c2cc(Nc3cccnc3)nc(N3CCOCC3)n2)c1. The Morgan fingerprint density at radius 2 is 2.00 bits per heavy atom. The van der Waals surface area contributed by atoms with E-state index in [0.29, 0.717) is 25.8 Å². The highest BCUT2D eigenvalue weighted by Crippen LogP contribution is 2.27. The van der Waals surface area contributed by atoms with Crippen LogP contribution in [0.2, 0.25) is 0 Å². The second kappa shape index (κ2) is 8.67. The Balaban J connectivity index is 1.71. The number of morpholine rings is 1. The Labute approximate surface area is 164 Å². The summed E-state index contributed by atoms with van der Waals surface area (Å²) in [6.07, 6.45) is 3.51. The van der Waals surface area contributed by atoms with Gasteiger partial charge < -0.3 is 19.7 Å². The summed E-state index contributed by atoms with van der Waals surface area (Å²) in [4.78, 5) is 15.8. The molecule has 0 radical (unpaired) electrons. The quantitative estimate of drug-likeness (QED) is 0.705. The van der Waals surface area contributed by atoms with E-state index in [2.05, 4.69) is 15.2 Å². The molecule has 0 aliphatic carbocycles. The van der Waals surface area contributed by atoms with Crippen molar-refractivity contribution >= 4 is 17.5 Å². The second-order valence-electron chi connectivity index (χ2n) is 6.37. The molecule has 0 spiro atoms. The van der Waals surface area contributed by atoms with Crippen LogP contribution in [0, 0.1) is 0 Å². The van der Waals surface area contributed by atoms with Crippen molar-refractivity contribution in [2.24, 2.45) is 0 Å². The lowest BCUT2D eigenvalue weighted by molar-refractivity contribution is 0.122. The first kappa shape index (κ1) is 18.2. The van der Waals surface area contributed by atoms with Gasteiger partial charge in [0.2, 0.25) is 5.95 Å². The first-order chi connectivity index (χ1) is 13.8. The molecule has 0 bridgehead atoms. The van der Waals surface area contributed by atoms with Crippen LogP contribution in [0.15, 0.2) is 54.9 Å². The van der Waals surface area contributed by atoms with Gasteiger partial charge in [-0.3, -0.25) is 4.98 Å². The number of pyridine rings is 1. The summed E-state index contributed by atoms with van der Waals surface area (Å²) in [5, 5.41) is 3.33. The van der Waals surface area contributed by atoms with Crippen molar-refractivity contribution in [1.82, 2.24) is 15.0 Å². The average Bonchev–Trinajstić information content (AvgIpc) is 2.75. The third kappa shape index (κ3) is 4.37. The summed E-state index contributed by atoms with van der Waals surface area (Å²) in [7, 11) is 0. The Morgan fingerprint density at radius 1 is 1.11 bits per heavy atom. The van der Waals surface area contributed by atoms with E-state index in [1.807, 2.05) is 49.4 Å². The van der Waals surface area contributed by atoms with Crippen molar-refractivity contribution < 1.29 is 9.47 Å². The first-order valence-corrected chi connectivity index (χ1v) is 9.44. The molecule has 1 aliphatic heterocycles. The van der Waals surface area contributed by atoms with Crippen LogP contribution in [0.4, 0.5) is 17.5 Å². The van der Waals surface area contributed by atoms with Crippen molar-refractivity contribution in [3.63, 3.8) is 0 Å². The predicted molar refractivity (Wildman–Crippen MR) is 109 cm³/mol. The van der Waals surface area contributed by atoms with Gasteiger partial charge in [-0.2, -0.15) is 4.98 Å². The minimum absolute atomic E-state index is 0.625. The molecule has 0 amide bonds. The highest BCUT2D eigenvalue weighted by Gasteiger charge is 2.17. The predicted octanol–water partition coefficient (Wildman–Crippen LogP) is 3.52. The largest absolute Gasteiger partial charge is 0.494 e. The number of hydrogen-bond acceptors (Lipinski definition) is 7. The molecule has 2 aromatic heterocycles. The molecule has 0 unspecified atom stereocenters. The maximum absolute atomic E-state index is 5.65. The van der Waals surface area contributed by atoms with Gasteiger partial charge in [0.25, 0.3) is 0 Å². The van der Waals surface area contributed by atoms with Crippen molar-refractivity contribution in [2.45, 2.75) is 6.92 Å². The monoisotopic (exact) mass is 377 g/mol. The van der Waals surface area contributed by atoms with Crippen LogP contribution in [0.3, 0.4) is 0 Å². The fourth-order valence-corrected chi connectivity index (χ4v) is 3.05. The van der Waals surface area contributed by atoms with Crippen molar-refractivity contribution in [3.8, 4) is 17.0 Å². The van der Waals surface area contributed by atoms with Gasteiger partial charge in [-0.1, -0.05) is 12.1 Å². The van der Waals surface area contributed by atoms with Crippen molar-refractivity contribution in [2.75, 3.05) is 43.1 Å². The molecule has 4 rings (SSSR count). The van der Waals surface area contributed by atoms with E-state index in [4.69, 9.17) is 19.4 Å². The highest BCUT2D eigenvalue weighted by atomic mass is 16.5. The fraction of sp³-hybridized carbons (Fsp3) is 0.286. The standard InChI is InChI=1S/C21H23N5O2/c1-2-28-18-7-3-5-16(13-18)19-14-20(23-17-6-4-8-22-15-17)25-21(24-19)26-9-11-27-12-10-26/h3-8,13-15H,2,9-12H2,1H3,(H,23,24,25). The van der Waals surface area contributed by atoms with Gasteiger partial charge in [-0.05, 0) is 31.2 Å². The number of anilines is 3. The van der Waals surface area contributed by atoms with Gasteiger partial charge in [-0.25, -0.2) is 4.98 Å². The topological polar surface area (TPSA) is 72.4 Å². The molecule has 1 N–H and O–H groups in total. The van der Waals surface area contributed by atoms with Gasteiger partial charge in [0.05, 0.1) is 37.4 Å². The summed E-state index contributed by atoms with van der Waals surface area (Å²) < 4.78 is 11.1. The second-order valence-corrected chi connectivity index (χ2v) is 6.37. The Morgan fingerprint density at radius 3 is 2.79 bits per heavy atom. The lowest BCUT2D eigenvalue weighted by Gasteiger charge is -2.27. The molecule has 7 nitrogen and oxygen atoms in total. The van der Waals surface area contributed by atoms with Crippen LogP contribution in [0.1, 0.15) is 6.92 Å². The Bertz CT molecular complexity index is 914. The van der Waals surface area contributed by atoms with Crippen LogP contribution >= 0.6 is 0 Å². The fourth-order valence-electron chi connectivity index (χ4n) is 3.05. The number of ether oxygens (including phenoxy) is 2. The molecule has 144 valence electrons. The van der Waals surface area contributed by atoms with Crippen molar-refractivity contribution in [3.05, 3.63) is 54.9 Å². The van der Waals surface area contributed by atoms with E-state index in [9.17, 15) is 0 Å². The lowest BCUT2D eigenvalue weighted by atomic mass is 10.1. The summed E-state index contributed by atoms with van der Waals surface area (Å²) in [6, 6.07) is 13.8. The van der Waals surface area contributed by atoms with E-state index >= 15 is 0 Å². The maximum atomic E-state index is 5.65. The van der Waals surface area contributed by atoms with Gasteiger partial charge in [-0.15, -0.1) is 0 Å². The van der Waals surface area contributed by atoms with E-state index in [-0.39, 0.29) is 0 Å². The zero-order valence-electron chi connectivity index (χ0n) is 15.8. The third-order valence-electron chi connectivity index (χ3n) is 4.38. The number of aromatic nitrogens is 3. The van der Waals surface area contributed by atoms with Crippen LogP contribution < -0.4 is 15.0 Å². The van der Waals surface area contributed by atoms with Crippen LogP contribution in [-0.2, 0) is 4.74 Å². The van der Waals surface area contributed by atoms with Gasteiger partial charge >= 0.3 is 0 Å². The molecular formula is C21H23N5O2. The summed E-state index contributed by atoms with van der Waals surface area (Å²) in [5.74, 6) is 2.24. The highest BCUT2D eigenvalue weighted by molar-refractivity contribution is 5.68. The summed E-state index contributed by atoms with van der Waals surface area (Å²) in [5.41, 5.74) is 2.70. The summed E-state index contributed by atoms with van der Waals surface area (Å²) >= 11 is 0. The molecule has 1 saturated heterocycles. The molecule has 3 aromatic rings. The average molecular weight is 377 g/mol. The Hall–Kier alpha value is -3.19. The number of hydrogen-bond donors (Lipinski definition) is 1. The molecular weight excluding hydrogens is 354 g/mol. The van der Waals surface area contributed by atoms with E-state index < -0.39 is 0 Å². The normalized spacial score (nSPS) is 14.0. The van der Waals surface area contributed by atoms with Crippen LogP contribution in [0.25, 0.3) is 11.3 Å². The lowest BCUT2D eigenvalue weighted by Crippen LogP contribution is -2.37. The molecule has 7 heteroatoms. The van der Waals surface area contributed by atoms with E-state index in [1.165, 1.54) is 0 Å². The molecule has 1 aromatic carbocycles. The van der Waals surface area contributed by atoms with E-state index in [1.54, 1.807) is 12.4 Å². The molecule has 1 fully saturated rings. The molecule has 0 atom stereocenters. The number of nitrogens with zero attached hydrogens (tertiary/aromatic N) is 4. The number of benzene rings is 1. The summed E-state index contributed by atoms with van der Waals surface area (Å²) in [6.45, 7) is 5.50. The Kier molecular flexibility index (Phi) is 5.63. The third-order valence-corrected chi connectivity index (χ3v) is 4.38.